The predicted molar refractivity (Wildman–Crippen MR) is 291 cm³/mol. The Morgan fingerprint density at radius 1 is 0.584 bits per heavy atom. The molecule has 408 valence electrons. The van der Waals surface area contributed by atoms with Crippen LogP contribution in [0.5, 0.6) is 0 Å². The fourth-order valence-corrected chi connectivity index (χ4v) is 10.0. The first kappa shape index (κ1) is 59.0. The third kappa shape index (κ3) is 17.9. The Morgan fingerprint density at radius 2 is 0.922 bits per heavy atom. The fraction of sp³-hybridized carbons (Fsp3) is 0.286. The second-order valence-electron chi connectivity index (χ2n) is 20.3. The van der Waals surface area contributed by atoms with Crippen LogP contribution in [0.1, 0.15) is 73.4 Å². The molecule has 2 saturated heterocycles. The Bertz CT molecular complexity index is 3200. The van der Waals surface area contributed by atoms with Crippen LogP contribution in [0.15, 0.2) is 168 Å². The van der Waals surface area contributed by atoms with Gasteiger partial charge in [0.25, 0.3) is 20.9 Å². The van der Waals surface area contributed by atoms with Gasteiger partial charge in [0.1, 0.15) is 23.8 Å². The lowest BCUT2D eigenvalue weighted by atomic mass is 10.0. The third-order valence-corrected chi connectivity index (χ3v) is 14.5. The van der Waals surface area contributed by atoms with E-state index in [9.17, 15) is 44.8 Å². The molecule has 0 unspecified atom stereocenters. The minimum absolute atomic E-state index is 0. The SMILES string of the molecule is CC(C)(C)N.CC(C)(C)NS(=O)(=O)c1ccc(N2C[C@@H]([C@H](Cc3ccccc3)NC(=O)c3ccc(F)cc3)OC2=O)cc1.O=C(N[C@@H](Cc1ccccc1)[C@@H]1CN(c2ccc(S(=O)(=O)Cl)cc2)C(=O)O1)c1ccc(F)cc1. The van der Waals surface area contributed by atoms with Crippen molar-refractivity contribution >= 4 is 65.1 Å². The second kappa shape index (κ2) is 25.3. The van der Waals surface area contributed by atoms with Crippen LogP contribution in [0.25, 0.3) is 0 Å². The van der Waals surface area contributed by atoms with Crippen molar-refractivity contribution in [3.05, 3.63) is 192 Å². The molecular formula is C56H61ClF2N6O10S2. The van der Waals surface area contributed by atoms with Crippen molar-refractivity contribution in [2.24, 2.45) is 5.73 Å². The van der Waals surface area contributed by atoms with E-state index in [0.29, 0.717) is 24.2 Å². The topological polar surface area (TPSA) is 224 Å². The zero-order valence-corrected chi connectivity index (χ0v) is 45.5. The van der Waals surface area contributed by atoms with Crippen molar-refractivity contribution in [2.75, 3.05) is 22.9 Å². The lowest BCUT2D eigenvalue weighted by molar-refractivity contribution is 0.0838. The molecule has 6 aromatic carbocycles. The summed E-state index contributed by atoms with van der Waals surface area (Å²) in [5.74, 6) is -1.74. The van der Waals surface area contributed by atoms with Gasteiger partial charge in [0.2, 0.25) is 10.0 Å². The van der Waals surface area contributed by atoms with Gasteiger partial charge in [-0.15, -0.1) is 0 Å². The summed E-state index contributed by atoms with van der Waals surface area (Å²) in [6.07, 6.45) is -1.81. The number of anilines is 2. The summed E-state index contributed by atoms with van der Waals surface area (Å²) in [5.41, 5.74) is 8.04. The van der Waals surface area contributed by atoms with Gasteiger partial charge in [-0.05, 0) is 163 Å². The molecule has 0 radical (unpaired) electrons. The van der Waals surface area contributed by atoms with Crippen molar-refractivity contribution in [1.82, 2.24) is 15.4 Å². The average molecular weight is 1120 g/mol. The van der Waals surface area contributed by atoms with Gasteiger partial charge in [0.15, 0.2) is 0 Å². The van der Waals surface area contributed by atoms with Crippen molar-refractivity contribution < 1.29 is 54.3 Å². The smallest absolute Gasteiger partial charge is 0.414 e. The van der Waals surface area contributed by atoms with E-state index in [2.05, 4.69) is 15.4 Å². The van der Waals surface area contributed by atoms with E-state index in [1.807, 2.05) is 81.4 Å². The maximum Gasteiger partial charge on any atom is 0.414 e. The molecule has 4 atom stereocenters. The largest absolute Gasteiger partial charge is 0.442 e. The number of hydrogen-bond donors (Lipinski definition) is 4. The molecule has 2 heterocycles. The maximum absolute atomic E-state index is 13.3. The number of nitrogens with two attached hydrogens (primary N) is 1. The van der Waals surface area contributed by atoms with Gasteiger partial charge >= 0.3 is 12.2 Å². The van der Waals surface area contributed by atoms with Crippen LogP contribution in [0.2, 0.25) is 0 Å². The molecule has 0 bridgehead atoms. The van der Waals surface area contributed by atoms with E-state index in [4.69, 9.17) is 25.9 Å². The van der Waals surface area contributed by atoms with Crippen LogP contribution in [0.3, 0.4) is 0 Å². The van der Waals surface area contributed by atoms with Crippen LogP contribution in [-0.2, 0) is 41.4 Å². The molecule has 4 amide bonds. The van der Waals surface area contributed by atoms with Crippen LogP contribution in [0, 0.1) is 11.6 Å². The number of hydrogen-bond acceptors (Lipinski definition) is 11. The zero-order chi connectivity index (χ0) is 56.3. The second-order valence-corrected chi connectivity index (χ2v) is 24.5. The molecule has 6 aromatic rings. The normalized spacial score (nSPS) is 16.4. The fourth-order valence-electron chi connectivity index (χ4n) is 7.86. The first-order chi connectivity index (χ1) is 36.1. The first-order valence-electron chi connectivity index (χ1n) is 24.3. The molecule has 0 spiro atoms. The molecule has 0 aliphatic carbocycles. The summed E-state index contributed by atoms with van der Waals surface area (Å²) in [7, 11) is -2.27. The highest BCUT2D eigenvalue weighted by Crippen LogP contribution is 2.28. The Hall–Kier alpha value is -7.23. The number of sulfonamides is 1. The number of rotatable bonds is 15. The molecule has 2 aliphatic rings. The number of carbonyl (C=O) groups is 4. The summed E-state index contributed by atoms with van der Waals surface area (Å²) in [6, 6.07) is 39.6. The quantitative estimate of drug-likeness (QED) is 0.0710. The molecule has 16 nitrogen and oxygen atoms in total. The third-order valence-electron chi connectivity index (χ3n) is 11.3. The van der Waals surface area contributed by atoms with Crippen molar-refractivity contribution in [2.45, 2.75) is 99.5 Å². The number of nitrogens with zero attached hydrogens (tertiary/aromatic N) is 2. The minimum atomic E-state index is -3.89. The van der Waals surface area contributed by atoms with Gasteiger partial charge in [-0.2, -0.15) is 0 Å². The van der Waals surface area contributed by atoms with E-state index in [1.54, 1.807) is 32.9 Å². The first-order valence-corrected chi connectivity index (χ1v) is 28.1. The number of cyclic esters (lactones) is 2. The standard InChI is InChI=1S/C28H30FN3O5S.C24H20ClFN2O5S.C4H11N/c1-28(2,3)31-38(35,36)23-15-13-22(14-16-23)32-18-25(37-27(32)34)24(17-19-7-5-4-6-8-19)30-26(33)20-9-11-21(29)12-10-20;25-34(31,32)20-12-10-19(11-13-20)28-15-22(33-24(28)30)21(14-16-4-2-1-3-5-16)27-23(29)17-6-8-18(26)9-7-17;1-4(2,3)5/h4-16,24-25,31H,17-18H2,1-3H3,(H,30,33);1-13,21-22H,14-15H2,(H,27,29);5H2,1-3H3/t24-,25-;21-,22-;/m00./s1. The van der Waals surface area contributed by atoms with Crippen molar-refractivity contribution in [3.63, 3.8) is 0 Å². The van der Waals surface area contributed by atoms with Crippen LogP contribution < -0.4 is 30.9 Å². The van der Waals surface area contributed by atoms with Crippen LogP contribution in [-0.4, -0.2) is 89.3 Å². The zero-order valence-electron chi connectivity index (χ0n) is 43.2. The average Bonchev–Trinajstić information content (AvgIpc) is 3.95. The number of nitrogens with one attached hydrogen (secondary N) is 3. The minimum Gasteiger partial charge on any atom is -0.442 e. The van der Waals surface area contributed by atoms with E-state index >= 15 is 0 Å². The monoisotopic (exact) mass is 1110 g/mol. The molecule has 77 heavy (non-hydrogen) atoms. The lowest BCUT2D eigenvalue weighted by Gasteiger charge is -2.24. The van der Waals surface area contributed by atoms with Crippen molar-refractivity contribution in [3.8, 4) is 0 Å². The van der Waals surface area contributed by atoms with Gasteiger partial charge in [0.05, 0.1) is 35.0 Å². The van der Waals surface area contributed by atoms with E-state index in [1.165, 1.54) is 94.7 Å². The number of carbonyl (C=O) groups excluding carboxylic acids is 4. The summed E-state index contributed by atoms with van der Waals surface area (Å²) < 4.78 is 88.6. The Morgan fingerprint density at radius 3 is 1.25 bits per heavy atom. The Kier molecular flexibility index (Phi) is 19.4. The van der Waals surface area contributed by atoms with Gasteiger partial charge in [-0.25, -0.2) is 39.9 Å². The van der Waals surface area contributed by atoms with Gasteiger partial charge in [-0.3, -0.25) is 19.4 Å². The number of halogens is 3. The molecule has 21 heteroatoms. The highest BCUT2D eigenvalue weighted by Gasteiger charge is 2.40. The van der Waals surface area contributed by atoms with E-state index in [-0.39, 0.29) is 39.5 Å². The van der Waals surface area contributed by atoms with Gasteiger partial charge in [0, 0.05) is 44.3 Å². The molecule has 8 rings (SSSR count). The van der Waals surface area contributed by atoms with E-state index < -0.39 is 84.5 Å². The lowest BCUT2D eigenvalue weighted by Crippen LogP contribution is -2.46. The predicted octanol–water partition coefficient (Wildman–Crippen LogP) is 9.13. The Balaban J connectivity index is 0.000000230. The summed E-state index contributed by atoms with van der Waals surface area (Å²) >= 11 is 0. The summed E-state index contributed by atoms with van der Waals surface area (Å²) in [4.78, 5) is 53.9. The van der Waals surface area contributed by atoms with Gasteiger partial charge in [-0.1, -0.05) is 60.7 Å². The molecule has 2 aliphatic heterocycles. The number of ether oxygens (including phenoxy) is 2. The number of benzene rings is 6. The highest BCUT2D eigenvalue weighted by molar-refractivity contribution is 8.13. The maximum atomic E-state index is 13.3. The molecule has 0 aromatic heterocycles. The molecule has 0 saturated carbocycles. The summed E-state index contributed by atoms with van der Waals surface area (Å²) in [5, 5.41) is 5.84. The van der Waals surface area contributed by atoms with Crippen LogP contribution >= 0.6 is 10.7 Å². The number of amides is 4. The van der Waals surface area contributed by atoms with E-state index in [0.717, 1.165) is 11.1 Å². The summed E-state index contributed by atoms with van der Waals surface area (Å²) in [6.45, 7) is 11.4. The molecule has 2 fully saturated rings. The molecular weight excluding hydrogens is 1050 g/mol. The van der Waals surface area contributed by atoms with Crippen LogP contribution in [0.4, 0.5) is 29.7 Å². The molecule has 5 N–H and O–H groups in total. The van der Waals surface area contributed by atoms with Gasteiger partial charge < -0.3 is 25.8 Å². The van der Waals surface area contributed by atoms with Crippen molar-refractivity contribution in [1.29, 1.82) is 0 Å². The highest BCUT2D eigenvalue weighted by atomic mass is 35.7. The Labute approximate surface area is 452 Å².